The summed E-state index contributed by atoms with van der Waals surface area (Å²) >= 11 is 6.53. The largest absolute Gasteiger partial charge is 0.459 e. The van der Waals surface area contributed by atoms with Crippen molar-refractivity contribution < 1.29 is 9.53 Å². The topological polar surface area (TPSA) is 39.2 Å². The van der Waals surface area contributed by atoms with Crippen LogP contribution in [0.2, 0.25) is 0 Å². The van der Waals surface area contributed by atoms with E-state index in [1.807, 2.05) is 30.5 Å². The lowest BCUT2D eigenvalue weighted by Crippen LogP contribution is -2.07. The Labute approximate surface area is 141 Å². The van der Waals surface area contributed by atoms with Crippen LogP contribution in [0.3, 0.4) is 0 Å². The summed E-state index contributed by atoms with van der Waals surface area (Å²) in [5, 5.41) is 3.01. The lowest BCUT2D eigenvalue weighted by molar-refractivity contribution is -0.141. The molecule has 1 aromatic carbocycles. The van der Waals surface area contributed by atoms with Crippen LogP contribution in [0, 0.1) is 6.92 Å². The smallest absolute Gasteiger partial charge is 0.316 e. The Hall–Kier alpha value is -0.850. The molecular weight excluding hydrogens is 370 g/mol. The zero-order valence-electron chi connectivity index (χ0n) is 11.9. The third-order valence-corrected chi connectivity index (χ3v) is 5.45. The minimum Gasteiger partial charge on any atom is -0.459 e. The van der Waals surface area contributed by atoms with Gasteiger partial charge in [-0.2, -0.15) is 0 Å². The molecule has 1 heterocycles. The van der Waals surface area contributed by atoms with Gasteiger partial charge in [0.1, 0.15) is 6.61 Å². The molecule has 0 aliphatic heterocycles. The number of nitrogens with zero attached hydrogens (tertiary/aromatic N) is 1. The Morgan fingerprint density at radius 2 is 2.29 bits per heavy atom. The van der Waals surface area contributed by atoms with Crippen LogP contribution >= 0.6 is 39.0 Å². The number of halogens is 1. The molecule has 0 bridgehead atoms. The van der Waals surface area contributed by atoms with Crippen LogP contribution in [0.15, 0.2) is 32.9 Å². The second kappa shape index (κ2) is 7.96. The van der Waals surface area contributed by atoms with Crippen LogP contribution in [0.5, 0.6) is 0 Å². The van der Waals surface area contributed by atoms with E-state index in [4.69, 9.17) is 4.74 Å². The Bertz CT molecular complexity index is 628. The second-order valence-corrected chi connectivity index (χ2v) is 7.32. The summed E-state index contributed by atoms with van der Waals surface area (Å²) < 4.78 is 6.29. The molecule has 0 saturated carbocycles. The number of thiazole rings is 1. The van der Waals surface area contributed by atoms with E-state index in [1.165, 1.54) is 11.8 Å². The number of ether oxygens (including phenoxy) is 1. The maximum absolute atomic E-state index is 11.8. The Kier molecular flexibility index (Phi) is 6.26. The first-order chi connectivity index (χ1) is 10.1. The fourth-order valence-corrected chi connectivity index (χ4v) is 3.70. The molecule has 0 aliphatic carbocycles. The SMILES string of the molecule is CCc1nc(COC(=O)CSc2ccc(Br)cc2C)cs1. The van der Waals surface area contributed by atoms with Gasteiger partial charge in [-0.15, -0.1) is 23.1 Å². The van der Waals surface area contributed by atoms with Crippen LogP contribution in [0.25, 0.3) is 0 Å². The van der Waals surface area contributed by atoms with Gasteiger partial charge >= 0.3 is 5.97 Å². The fourth-order valence-electron chi connectivity index (χ4n) is 1.69. The second-order valence-electron chi connectivity index (χ2n) is 4.45. The molecule has 0 fully saturated rings. The monoisotopic (exact) mass is 385 g/mol. The molecule has 6 heteroatoms. The molecule has 0 saturated heterocycles. The highest BCUT2D eigenvalue weighted by Gasteiger charge is 2.08. The third kappa shape index (κ3) is 5.13. The maximum Gasteiger partial charge on any atom is 0.316 e. The third-order valence-electron chi connectivity index (χ3n) is 2.77. The fraction of sp³-hybridized carbons (Fsp3) is 0.333. The molecule has 0 N–H and O–H groups in total. The van der Waals surface area contributed by atoms with E-state index in [0.717, 1.165) is 32.1 Å². The highest BCUT2D eigenvalue weighted by atomic mass is 79.9. The van der Waals surface area contributed by atoms with Crippen molar-refractivity contribution in [2.24, 2.45) is 0 Å². The lowest BCUT2D eigenvalue weighted by atomic mass is 10.2. The number of rotatable bonds is 6. The molecule has 112 valence electrons. The first kappa shape index (κ1) is 16.5. The Morgan fingerprint density at radius 1 is 1.48 bits per heavy atom. The number of hydrogen-bond acceptors (Lipinski definition) is 5. The number of esters is 1. The Morgan fingerprint density at radius 3 is 2.95 bits per heavy atom. The number of carbonyl (C=O) groups is 1. The van der Waals surface area contributed by atoms with Crippen LogP contribution in [0.1, 0.15) is 23.2 Å². The van der Waals surface area contributed by atoms with Crippen molar-refractivity contribution in [3.63, 3.8) is 0 Å². The number of benzene rings is 1. The molecule has 2 rings (SSSR count). The molecule has 0 radical (unpaired) electrons. The predicted molar refractivity (Wildman–Crippen MR) is 90.9 cm³/mol. The minimum atomic E-state index is -0.214. The van der Waals surface area contributed by atoms with Gasteiger partial charge in [0.2, 0.25) is 0 Å². The van der Waals surface area contributed by atoms with Crippen molar-refractivity contribution in [1.29, 1.82) is 0 Å². The van der Waals surface area contributed by atoms with Crippen molar-refractivity contribution >= 4 is 45.0 Å². The molecule has 0 spiro atoms. The summed E-state index contributed by atoms with van der Waals surface area (Å²) in [5.41, 5.74) is 1.98. The van der Waals surface area contributed by atoms with Crippen LogP contribution in [-0.4, -0.2) is 16.7 Å². The average molecular weight is 386 g/mol. The van der Waals surface area contributed by atoms with Gasteiger partial charge < -0.3 is 4.74 Å². The van der Waals surface area contributed by atoms with Crippen molar-refractivity contribution in [2.75, 3.05) is 5.75 Å². The minimum absolute atomic E-state index is 0.214. The number of carbonyl (C=O) groups excluding carboxylic acids is 1. The van der Waals surface area contributed by atoms with E-state index in [-0.39, 0.29) is 12.6 Å². The van der Waals surface area contributed by atoms with Crippen molar-refractivity contribution in [2.45, 2.75) is 31.8 Å². The summed E-state index contributed by atoms with van der Waals surface area (Å²) in [6.45, 7) is 4.35. The summed E-state index contributed by atoms with van der Waals surface area (Å²) in [7, 11) is 0. The van der Waals surface area contributed by atoms with Gasteiger partial charge in [-0.3, -0.25) is 4.79 Å². The highest BCUT2D eigenvalue weighted by Crippen LogP contribution is 2.25. The summed E-state index contributed by atoms with van der Waals surface area (Å²) in [6, 6.07) is 6.02. The highest BCUT2D eigenvalue weighted by molar-refractivity contribution is 9.10. The van der Waals surface area contributed by atoms with Crippen molar-refractivity contribution in [3.05, 3.63) is 44.3 Å². The zero-order valence-corrected chi connectivity index (χ0v) is 15.1. The van der Waals surface area contributed by atoms with Gasteiger partial charge in [0.25, 0.3) is 0 Å². The van der Waals surface area contributed by atoms with Gasteiger partial charge in [0.05, 0.1) is 16.5 Å². The molecule has 21 heavy (non-hydrogen) atoms. The first-order valence-electron chi connectivity index (χ1n) is 6.56. The normalized spacial score (nSPS) is 10.6. The van der Waals surface area contributed by atoms with Gasteiger partial charge in [-0.05, 0) is 37.1 Å². The van der Waals surface area contributed by atoms with Crippen molar-refractivity contribution in [3.8, 4) is 0 Å². The zero-order chi connectivity index (χ0) is 15.2. The summed E-state index contributed by atoms with van der Waals surface area (Å²) in [6.07, 6.45) is 0.914. The quantitative estimate of drug-likeness (QED) is 0.537. The van der Waals surface area contributed by atoms with Gasteiger partial charge in [0.15, 0.2) is 0 Å². The molecule has 0 unspecified atom stereocenters. The standard InChI is InChI=1S/C15H16BrNO2S2/c1-3-14-17-12(8-21-14)7-19-15(18)9-20-13-5-4-11(16)6-10(13)2/h4-6,8H,3,7,9H2,1-2H3. The molecule has 2 aromatic rings. The lowest BCUT2D eigenvalue weighted by Gasteiger charge is -2.06. The van der Waals surface area contributed by atoms with Crippen LogP contribution < -0.4 is 0 Å². The van der Waals surface area contributed by atoms with E-state index in [1.54, 1.807) is 11.3 Å². The number of aromatic nitrogens is 1. The average Bonchev–Trinajstić information content (AvgIpc) is 2.92. The molecule has 1 aromatic heterocycles. The van der Waals surface area contributed by atoms with E-state index < -0.39 is 0 Å². The summed E-state index contributed by atoms with van der Waals surface area (Å²) in [4.78, 5) is 17.2. The van der Waals surface area contributed by atoms with E-state index >= 15 is 0 Å². The van der Waals surface area contributed by atoms with Crippen LogP contribution in [-0.2, 0) is 22.6 Å². The molecule has 0 aliphatic rings. The first-order valence-corrected chi connectivity index (χ1v) is 9.22. The van der Waals surface area contributed by atoms with Gasteiger partial charge in [-0.25, -0.2) is 4.98 Å². The molecule has 3 nitrogen and oxygen atoms in total. The molecule has 0 amide bonds. The van der Waals surface area contributed by atoms with E-state index in [2.05, 4.69) is 27.8 Å². The number of hydrogen-bond donors (Lipinski definition) is 0. The molecule has 0 atom stereocenters. The van der Waals surface area contributed by atoms with Gasteiger partial charge in [-0.1, -0.05) is 22.9 Å². The van der Waals surface area contributed by atoms with E-state index in [0.29, 0.717) is 5.75 Å². The Balaban J connectivity index is 1.79. The maximum atomic E-state index is 11.8. The van der Waals surface area contributed by atoms with E-state index in [9.17, 15) is 4.79 Å². The van der Waals surface area contributed by atoms with Crippen molar-refractivity contribution in [1.82, 2.24) is 4.98 Å². The number of thioether (sulfide) groups is 1. The predicted octanol–water partition coefficient (Wildman–Crippen LogP) is 4.61. The number of aryl methyl sites for hydroxylation is 2. The molecular formula is C15H16BrNO2S2. The van der Waals surface area contributed by atoms with Crippen LogP contribution in [0.4, 0.5) is 0 Å². The van der Waals surface area contributed by atoms with Gasteiger partial charge in [0, 0.05) is 14.7 Å². The summed E-state index contributed by atoms with van der Waals surface area (Å²) in [5.74, 6) is 0.0983.